The van der Waals surface area contributed by atoms with Crippen molar-refractivity contribution in [2.24, 2.45) is 0 Å². The number of hydrogen-bond acceptors (Lipinski definition) is 6. The zero-order chi connectivity index (χ0) is 20.3. The Labute approximate surface area is 166 Å². The van der Waals surface area contributed by atoms with Crippen molar-refractivity contribution in [3.8, 4) is 5.75 Å². The van der Waals surface area contributed by atoms with Gasteiger partial charge < -0.3 is 19.9 Å². The minimum absolute atomic E-state index is 0.0411. The molecule has 0 unspecified atom stereocenters. The van der Waals surface area contributed by atoms with Crippen molar-refractivity contribution in [1.29, 1.82) is 0 Å². The second-order valence-electron chi connectivity index (χ2n) is 6.33. The van der Waals surface area contributed by atoms with Gasteiger partial charge in [0.2, 0.25) is 5.95 Å². The summed E-state index contributed by atoms with van der Waals surface area (Å²) in [6.07, 6.45) is -3.94. The molecule has 1 aromatic heterocycles. The van der Waals surface area contributed by atoms with Crippen molar-refractivity contribution < 1.29 is 17.9 Å². The Morgan fingerprint density at radius 1 is 1.21 bits per heavy atom. The molecule has 0 amide bonds. The van der Waals surface area contributed by atoms with Gasteiger partial charge in [0, 0.05) is 44.1 Å². The van der Waals surface area contributed by atoms with Gasteiger partial charge in [0.15, 0.2) is 0 Å². The summed E-state index contributed by atoms with van der Waals surface area (Å²) in [5.41, 5.74) is 0.479. The number of ether oxygens (including phenoxy) is 1. The Hall–Kier alpha value is -2.26. The lowest BCUT2D eigenvalue weighted by Crippen LogP contribution is -2.46. The molecule has 10 heteroatoms. The van der Waals surface area contributed by atoms with Crippen LogP contribution >= 0.6 is 11.6 Å². The van der Waals surface area contributed by atoms with Gasteiger partial charge in [0.25, 0.3) is 0 Å². The van der Waals surface area contributed by atoms with Crippen LogP contribution in [-0.4, -0.2) is 54.7 Å². The highest BCUT2D eigenvalue weighted by Gasteiger charge is 2.34. The standard InChI is InChI=1S/C18H21ClF3N5O/c1-3-26-6-8-27(9-7-26)12-4-5-14(15(10-12)28-2)24-17-23-11-13(16(19)25-17)18(20,21)22/h4-5,10-11H,3,6-9H2,1-2H3,(H,23,24,25). The number of halogens is 4. The maximum atomic E-state index is 12.8. The summed E-state index contributed by atoms with van der Waals surface area (Å²) < 4.78 is 43.8. The third-order valence-corrected chi connectivity index (χ3v) is 4.95. The fourth-order valence-electron chi connectivity index (χ4n) is 3.03. The molecule has 6 nitrogen and oxygen atoms in total. The third-order valence-electron chi connectivity index (χ3n) is 4.66. The first-order valence-electron chi connectivity index (χ1n) is 8.84. The van der Waals surface area contributed by atoms with E-state index in [1.54, 1.807) is 6.07 Å². The van der Waals surface area contributed by atoms with Crippen molar-refractivity contribution in [2.75, 3.05) is 50.1 Å². The average Bonchev–Trinajstić information content (AvgIpc) is 2.67. The third kappa shape index (κ3) is 4.59. The van der Waals surface area contributed by atoms with Gasteiger partial charge in [0.1, 0.15) is 16.5 Å². The van der Waals surface area contributed by atoms with Crippen LogP contribution in [0.5, 0.6) is 5.75 Å². The molecule has 2 aromatic rings. The summed E-state index contributed by atoms with van der Waals surface area (Å²) in [7, 11) is 1.53. The van der Waals surface area contributed by atoms with Crippen LogP contribution in [0.4, 0.5) is 30.5 Å². The van der Waals surface area contributed by atoms with Crippen molar-refractivity contribution >= 4 is 28.9 Å². The van der Waals surface area contributed by atoms with E-state index in [-0.39, 0.29) is 5.95 Å². The summed E-state index contributed by atoms with van der Waals surface area (Å²) in [5, 5.41) is 2.21. The number of aromatic nitrogens is 2. The van der Waals surface area contributed by atoms with Crippen LogP contribution in [0.15, 0.2) is 24.4 Å². The largest absolute Gasteiger partial charge is 0.494 e. The Kier molecular flexibility index (Phi) is 6.14. The summed E-state index contributed by atoms with van der Waals surface area (Å²) in [6.45, 7) is 7.01. The highest BCUT2D eigenvalue weighted by molar-refractivity contribution is 6.30. The molecule has 1 saturated heterocycles. The highest BCUT2D eigenvalue weighted by Crippen LogP contribution is 2.35. The molecule has 152 valence electrons. The van der Waals surface area contributed by atoms with E-state index in [0.29, 0.717) is 17.6 Å². The lowest BCUT2D eigenvalue weighted by atomic mass is 10.2. The first-order chi connectivity index (χ1) is 13.3. The molecule has 0 radical (unpaired) electrons. The quantitative estimate of drug-likeness (QED) is 0.744. The van der Waals surface area contributed by atoms with E-state index in [0.717, 1.165) is 38.4 Å². The number of hydrogen-bond donors (Lipinski definition) is 1. The Morgan fingerprint density at radius 2 is 1.93 bits per heavy atom. The number of rotatable bonds is 5. The molecule has 2 heterocycles. The smallest absolute Gasteiger partial charge is 0.420 e. The van der Waals surface area contributed by atoms with Crippen molar-refractivity contribution in [2.45, 2.75) is 13.1 Å². The maximum Gasteiger partial charge on any atom is 0.420 e. The zero-order valence-electron chi connectivity index (χ0n) is 15.6. The van der Waals surface area contributed by atoms with E-state index in [4.69, 9.17) is 16.3 Å². The van der Waals surface area contributed by atoms with Gasteiger partial charge in [-0.15, -0.1) is 0 Å². The second kappa shape index (κ2) is 8.40. The lowest BCUT2D eigenvalue weighted by molar-refractivity contribution is -0.137. The maximum absolute atomic E-state index is 12.8. The van der Waals surface area contributed by atoms with E-state index < -0.39 is 16.9 Å². The predicted molar refractivity (Wildman–Crippen MR) is 103 cm³/mol. The second-order valence-corrected chi connectivity index (χ2v) is 6.68. The van der Waals surface area contributed by atoms with Gasteiger partial charge in [-0.25, -0.2) is 9.97 Å². The number of nitrogens with zero attached hydrogens (tertiary/aromatic N) is 4. The molecular formula is C18H21ClF3N5O. The number of alkyl halides is 3. The predicted octanol–water partition coefficient (Wildman–Crippen LogP) is 4.04. The van der Waals surface area contributed by atoms with Crippen LogP contribution in [-0.2, 0) is 6.18 Å². The molecule has 0 spiro atoms. The first-order valence-corrected chi connectivity index (χ1v) is 9.21. The Bertz CT molecular complexity index is 825. The number of likely N-dealkylation sites (N-methyl/N-ethyl adjacent to an activating group) is 1. The Balaban J connectivity index is 1.77. The topological polar surface area (TPSA) is 53.5 Å². The van der Waals surface area contributed by atoms with Gasteiger partial charge in [-0.05, 0) is 18.7 Å². The van der Waals surface area contributed by atoms with Gasteiger partial charge in [-0.1, -0.05) is 18.5 Å². The molecule has 3 rings (SSSR count). The molecule has 0 saturated carbocycles. The monoisotopic (exact) mass is 415 g/mol. The molecule has 0 aliphatic carbocycles. The lowest BCUT2D eigenvalue weighted by Gasteiger charge is -2.35. The van der Waals surface area contributed by atoms with E-state index in [9.17, 15) is 13.2 Å². The van der Waals surface area contributed by atoms with E-state index in [1.807, 2.05) is 12.1 Å². The number of nitrogens with one attached hydrogen (secondary N) is 1. The van der Waals surface area contributed by atoms with E-state index in [2.05, 4.69) is 32.0 Å². The minimum atomic E-state index is -4.60. The normalized spacial score (nSPS) is 15.6. The van der Waals surface area contributed by atoms with Gasteiger partial charge >= 0.3 is 6.18 Å². The van der Waals surface area contributed by atoms with Gasteiger partial charge in [-0.2, -0.15) is 13.2 Å². The molecular weight excluding hydrogens is 395 g/mol. The minimum Gasteiger partial charge on any atom is -0.494 e. The number of benzene rings is 1. The van der Waals surface area contributed by atoms with Crippen molar-refractivity contribution in [3.63, 3.8) is 0 Å². The fourth-order valence-corrected chi connectivity index (χ4v) is 3.27. The number of anilines is 3. The summed E-state index contributed by atoms with van der Waals surface area (Å²) in [6, 6.07) is 5.60. The van der Waals surface area contributed by atoms with Crippen LogP contribution < -0.4 is 15.0 Å². The molecule has 0 atom stereocenters. The molecule has 1 N–H and O–H groups in total. The first kappa shape index (κ1) is 20.5. The van der Waals surface area contributed by atoms with Gasteiger partial charge in [-0.3, -0.25) is 0 Å². The molecule has 1 fully saturated rings. The zero-order valence-corrected chi connectivity index (χ0v) is 16.3. The van der Waals surface area contributed by atoms with E-state index >= 15 is 0 Å². The number of methoxy groups -OCH3 is 1. The average molecular weight is 416 g/mol. The van der Waals surface area contributed by atoms with Crippen molar-refractivity contribution in [1.82, 2.24) is 14.9 Å². The molecule has 0 bridgehead atoms. The van der Waals surface area contributed by atoms with Crippen molar-refractivity contribution in [3.05, 3.63) is 35.1 Å². The summed E-state index contributed by atoms with van der Waals surface area (Å²) >= 11 is 5.65. The number of piperazine rings is 1. The summed E-state index contributed by atoms with van der Waals surface area (Å²) in [4.78, 5) is 12.1. The van der Waals surface area contributed by atoms with Crippen LogP contribution in [0.3, 0.4) is 0 Å². The fraction of sp³-hybridized carbons (Fsp3) is 0.444. The Morgan fingerprint density at radius 3 is 2.50 bits per heavy atom. The van der Waals surface area contributed by atoms with E-state index in [1.165, 1.54) is 7.11 Å². The van der Waals surface area contributed by atoms with Gasteiger partial charge in [0.05, 0.1) is 12.8 Å². The molecule has 1 aromatic carbocycles. The summed E-state index contributed by atoms with van der Waals surface area (Å²) in [5.74, 6) is 0.496. The van der Waals surface area contributed by atoms with Crippen LogP contribution in [0.2, 0.25) is 5.15 Å². The molecule has 1 aliphatic rings. The SMILES string of the molecule is CCN1CCN(c2ccc(Nc3ncc(C(F)(F)F)c(Cl)n3)c(OC)c2)CC1. The van der Waals surface area contributed by atoms with Crippen LogP contribution in [0.25, 0.3) is 0 Å². The van der Waals surface area contributed by atoms with Crippen LogP contribution in [0, 0.1) is 0 Å². The molecule has 1 aliphatic heterocycles. The highest BCUT2D eigenvalue weighted by atomic mass is 35.5. The molecule has 28 heavy (non-hydrogen) atoms. The van der Waals surface area contributed by atoms with Crippen LogP contribution in [0.1, 0.15) is 12.5 Å².